The molecule has 0 bridgehead atoms. The van der Waals surface area contributed by atoms with Crippen LogP contribution in [-0.2, 0) is 4.79 Å². The lowest BCUT2D eigenvalue weighted by atomic mass is 10.2. The van der Waals surface area contributed by atoms with E-state index in [0.29, 0.717) is 11.6 Å². The minimum Gasteiger partial charge on any atom is -0.480 e. The van der Waals surface area contributed by atoms with Crippen LogP contribution in [0.15, 0.2) is 36.5 Å². The second-order valence-corrected chi connectivity index (χ2v) is 6.04. The fraction of sp³-hybridized carbons (Fsp3) is 0.312. The number of benzene rings is 1. The molecule has 0 saturated carbocycles. The van der Waals surface area contributed by atoms with E-state index < -0.39 is 11.9 Å². The van der Waals surface area contributed by atoms with Crippen molar-refractivity contribution in [1.29, 1.82) is 0 Å². The normalized spacial score (nSPS) is 10.8. The SMILES string of the molecule is CC(C)CN(CC(=O)O)C(=O)c1ccn(-c2cccc(Cl)c2)n1. The lowest BCUT2D eigenvalue weighted by Crippen LogP contribution is -2.38. The second-order valence-electron chi connectivity index (χ2n) is 5.60. The molecule has 1 N–H and O–H groups in total. The largest absolute Gasteiger partial charge is 0.480 e. The lowest BCUT2D eigenvalue weighted by Gasteiger charge is -2.21. The van der Waals surface area contributed by atoms with Crippen molar-refractivity contribution in [2.24, 2.45) is 5.92 Å². The fourth-order valence-corrected chi connectivity index (χ4v) is 2.37. The first-order valence-electron chi connectivity index (χ1n) is 7.19. The average molecular weight is 336 g/mol. The summed E-state index contributed by atoms with van der Waals surface area (Å²) in [6, 6.07) is 8.65. The van der Waals surface area contributed by atoms with Crippen molar-refractivity contribution in [2.75, 3.05) is 13.1 Å². The molecular weight excluding hydrogens is 318 g/mol. The maximum atomic E-state index is 12.5. The van der Waals surface area contributed by atoms with E-state index in [-0.39, 0.29) is 18.2 Å². The number of aromatic nitrogens is 2. The van der Waals surface area contributed by atoms with Crippen LogP contribution >= 0.6 is 11.6 Å². The van der Waals surface area contributed by atoms with Crippen molar-refractivity contribution in [3.63, 3.8) is 0 Å². The Kier molecular flexibility index (Phi) is 5.39. The summed E-state index contributed by atoms with van der Waals surface area (Å²) in [5, 5.41) is 13.8. The molecule has 1 aromatic heterocycles. The number of carboxylic acid groups (broad SMARTS) is 1. The van der Waals surface area contributed by atoms with Crippen molar-refractivity contribution in [3.8, 4) is 5.69 Å². The highest BCUT2D eigenvalue weighted by molar-refractivity contribution is 6.30. The minimum absolute atomic E-state index is 0.160. The van der Waals surface area contributed by atoms with Crippen LogP contribution in [0.3, 0.4) is 0 Å². The van der Waals surface area contributed by atoms with Gasteiger partial charge in [-0.25, -0.2) is 4.68 Å². The third kappa shape index (κ3) is 4.56. The Morgan fingerprint density at radius 1 is 1.35 bits per heavy atom. The van der Waals surface area contributed by atoms with Gasteiger partial charge >= 0.3 is 5.97 Å². The van der Waals surface area contributed by atoms with E-state index in [4.69, 9.17) is 16.7 Å². The number of halogens is 1. The van der Waals surface area contributed by atoms with Crippen molar-refractivity contribution in [3.05, 3.63) is 47.2 Å². The van der Waals surface area contributed by atoms with E-state index in [0.717, 1.165) is 5.69 Å². The molecule has 0 atom stereocenters. The number of carbonyl (C=O) groups excluding carboxylic acids is 1. The molecule has 0 spiro atoms. The Hall–Kier alpha value is -2.34. The summed E-state index contributed by atoms with van der Waals surface area (Å²) >= 11 is 5.95. The van der Waals surface area contributed by atoms with E-state index in [1.54, 1.807) is 30.5 Å². The molecule has 23 heavy (non-hydrogen) atoms. The molecule has 1 aromatic carbocycles. The van der Waals surface area contributed by atoms with Gasteiger partial charge in [-0.2, -0.15) is 5.10 Å². The third-order valence-electron chi connectivity index (χ3n) is 3.08. The molecule has 1 amide bonds. The van der Waals surface area contributed by atoms with E-state index in [9.17, 15) is 9.59 Å². The van der Waals surface area contributed by atoms with Gasteiger partial charge in [0.2, 0.25) is 0 Å². The predicted molar refractivity (Wildman–Crippen MR) is 87.0 cm³/mol. The van der Waals surface area contributed by atoms with Gasteiger partial charge in [0.25, 0.3) is 5.91 Å². The van der Waals surface area contributed by atoms with Gasteiger partial charge < -0.3 is 10.0 Å². The van der Waals surface area contributed by atoms with E-state index in [1.165, 1.54) is 9.58 Å². The minimum atomic E-state index is -1.05. The standard InChI is InChI=1S/C16H18ClN3O3/c1-11(2)9-19(10-15(21)22)16(23)14-6-7-20(18-14)13-5-3-4-12(17)8-13/h3-8,11H,9-10H2,1-2H3,(H,21,22). The molecule has 0 saturated heterocycles. The maximum absolute atomic E-state index is 12.5. The van der Waals surface area contributed by atoms with Crippen LogP contribution in [0.2, 0.25) is 5.02 Å². The summed E-state index contributed by atoms with van der Waals surface area (Å²) in [4.78, 5) is 24.7. The van der Waals surface area contributed by atoms with Crippen LogP contribution in [0.4, 0.5) is 0 Å². The summed E-state index contributed by atoms with van der Waals surface area (Å²) < 4.78 is 1.54. The van der Waals surface area contributed by atoms with Crippen molar-refractivity contribution in [1.82, 2.24) is 14.7 Å². The highest BCUT2D eigenvalue weighted by Crippen LogP contribution is 2.15. The van der Waals surface area contributed by atoms with Crippen LogP contribution in [0.1, 0.15) is 24.3 Å². The Bertz CT molecular complexity index is 712. The first-order valence-corrected chi connectivity index (χ1v) is 7.57. The molecule has 122 valence electrons. The molecule has 0 unspecified atom stereocenters. The van der Waals surface area contributed by atoms with Gasteiger partial charge in [-0.05, 0) is 30.2 Å². The van der Waals surface area contributed by atoms with Crippen molar-refractivity contribution < 1.29 is 14.7 Å². The zero-order valence-electron chi connectivity index (χ0n) is 12.9. The number of nitrogens with zero attached hydrogens (tertiary/aromatic N) is 3. The van der Waals surface area contributed by atoms with Crippen LogP contribution in [-0.4, -0.2) is 44.8 Å². The summed E-state index contributed by atoms with van der Waals surface area (Å²) in [6.07, 6.45) is 1.65. The quantitative estimate of drug-likeness (QED) is 0.880. The Balaban J connectivity index is 2.23. The summed E-state index contributed by atoms with van der Waals surface area (Å²) in [5.41, 5.74) is 0.928. The molecular formula is C16H18ClN3O3. The second kappa shape index (κ2) is 7.28. The van der Waals surface area contributed by atoms with E-state index in [2.05, 4.69) is 5.10 Å². The molecule has 7 heteroatoms. The highest BCUT2D eigenvalue weighted by atomic mass is 35.5. The third-order valence-corrected chi connectivity index (χ3v) is 3.31. The Labute approximate surface area is 139 Å². The zero-order chi connectivity index (χ0) is 17.0. The van der Waals surface area contributed by atoms with E-state index >= 15 is 0 Å². The molecule has 0 aliphatic rings. The molecule has 2 aromatic rings. The molecule has 2 rings (SSSR count). The topological polar surface area (TPSA) is 75.4 Å². The summed E-state index contributed by atoms with van der Waals surface area (Å²) in [5.74, 6) is -1.29. The molecule has 1 heterocycles. The van der Waals surface area contributed by atoms with Gasteiger partial charge in [0, 0.05) is 17.8 Å². The number of aliphatic carboxylic acids is 1. The van der Waals surface area contributed by atoms with Crippen molar-refractivity contribution >= 4 is 23.5 Å². The number of amides is 1. The number of hydrogen-bond acceptors (Lipinski definition) is 3. The monoisotopic (exact) mass is 335 g/mol. The fourth-order valence-electron chi connectivity index (χ4n) is 2.19. The van der Waals surface area contributed by atoms with Gasteiger partial charge in [-0.15, -0.1) is 0 Å². The number of carbonyl (C=O) groups is 2. The molecule has 6 nitrogen and oxygen atoms in total. The molecule has 0 radical (unpaired) electrons. The summed E-state index contributed by atoms with van der Waals surface area (Å²) in [6.45, 7) is 3.86. The van der Waals surface area contributed by atoms with Gasteiger partial charge in [0.1, 0.15) is 6.54 Å². The predicted octanol–water partition coefficient (Wildman–Crippen LogP) is 2.71. The molecule has 0 fully saturated rings. The highest BCUT2D eigenvalue weighted by Gasteiger charge is 2.21. The number of hydrogen-bond donors (Lipinski definition) is 1. The first kappa shape index (κ1) is 17.0. The smallest absolute Gasteiger partial charge is 0.323 e. The average Bonchev–Trinajstić information content (AvgIpc) is 2.94. The Morgan fingerprint density at radius 3 is 2.70 bits per heavy atom. The summed E-state index contributed by atoms with van der Waals surface area (Å²) in [7, 11) is 0. The first-order chi connectivity index (χ1) is 10.9. The molecule has 0 aliphatic heterocycles. The zero-order valence-corrected chi connectivity index (χ0v) is 13.7. The lowest BCUT2D eigenvalue weighted by molar-refractivity contribution is -0.137. The van der Waals surface area contributed by atoms with Crippen LogP contribution in [0.25, 0.3) is 5.69 Å². The van der Waals surface area contributed by atoms with Crippen molar-refractivity contribution in [2.45, 2.75) is 13.8 Å². The van der Waals surface area contributed by atoms with Gasteiger partial charge in [0.15, 0.2) is 5.69 Å². The van der Waals surface area contributed by atoms with Crippen LogP contribution in [0.5, 0.6) is 0 Å². The van der Waals surface area contributed by atoms with Gasteiger partial charge in [-0.3, -0.25) is 9.59 Å². The van der Waals surface area contributed by atoms with E-state index in [1.807, 2.05) is 19.9 Å². The number of carboxylic acids is 1. The molecule has 0 aliphatic carbocycles. The van der Waals surface area contributed by atoms with Gasteiger partial charge in [0.05, 0.1) is 5.69 Å². The maximum Gasteiger partial charge on any atom is 0.323 e. The number of rotatable bonds is 6. The van der Waals surface area contributed by atoms with Crippen LogP contribution < -0.4 is 0 Å². The van der Waals surface area contributed by atoms with Crippen LogP contribution in [0, 0.1) is 5.92 Å². The van der Waals surface area contributed by atoms with Gasteiger partial charge in [-0.1, -0.05) is 31.5 Å². The Morgan fingerprint density at radius 2 is 2.09 bits per heavy atom.